The summed E-state index contributed by atoms with van der Waals surface area (Å²) < 4.78 is 145. The van der Waals surface area contributed by atoms with Crippen LogP contribution in [0.4, 0.5) is 39.4 Å². The molecular weight excluding hydrogens is 1130 g/mol. The number of carbonyl (C=O) groups excluding carboxylic acids is 2. The van der Waals surface area contributed by atoms with E-state index in [1.807, 2.05) is 50.2 Å². The zero-order valence-electron chi connectivity index (χ0n) is 48.4. The molecule has 2 aliphatic rings. The molecule has 1 aliphatic heterocycles. The number of nitrogens with one attached hydrogen (secondary N) is 1. The van der Waals surface area contributed by atoms with Gasteiger partial charge in [0.1, 0.15) is 56.0 Å². The fourth-order valence-electron chi connectivity index (χ4n) is 9.67. The summed E-state index contributed by atoms with van der Waals surface area (Å²) in [6.45, 7) is 19.8. The number of thioether (sulfide) groups is 1. The van der Waals surface area contributed by atoms with Crippen molar-refractivity contribution in [2.24, 2.45) is 5.41 Å². The Balaban J connectivity index is 1.31. The van der Waals surface area contributed by atoms with Crippen LogP contribution in [0.1, 0.15) is 123 Å². The number of halogens is 4. The first kappa shape index (κ1) is 63.7. The quantitative estimate of drug-likeness (QED) is 0.00899. The van der Waals surface area contributed by atoms with Gasteiger partial charge in [-0.2, -0.15) is 9.15 Å². The molecule has 7 rings (SSSR count). The van der Waals surface area contributed by atoms with Gasteiger partial charge in [0.2, 0.25) is 22.4 Å². The third-order valence-electron chi connectivity index (χ3n) is 14.1. The number of nitrogens with zero attached hydrogens (tertiary/aromatic N) is 3. The van der Waals surface area contributed by atoms with Gasteiger partial charge in [-0.25, -0.2) is 39.2 Å². The first-order valence-corrected chi connectivity index (χ1v) is 31.6. The van der Waals surface area contributed by atoms with Gasteiger partial charge in [-0.3, -0.25) is 4.79 Å². The van der Waals surface area contributed by atoms with E-state index in [9.17, 15) is 26.4 Å². The van der Waals surface area contributed by atoms with Crippen LogP contribution in [0, 0.1) is 28.7 Å². The number of amides is 1. The lowest BCUT2D eigenvalue weighted by molar-refractivity contribution is -0.153. The van der Waals surface area contributed by atoms with E-state index in [-0.39, 0.29) is 47.9 Å². The number of hydrogen-bond donors (Lipinski definition) is 1. The van der Waals surface area contributed by atoms with Crippen molar-refractivity contribution in [1.29, 1.82) is 0 Å². The van der Waals surface area contributed by atoms with Gasteiger partial charge in [0.15, 0.2) is 29.5 Å². The molecule has 0 aromatic heterocycles. The molecule has 1 N–H and O–H groups in total. The Labute approximate surface area is 488 Å². The summed E-state index contributed by atoms with van der Waals surface area (Å²) in [6, 6.07) is 30.8. The van der Waals surface area contributed by atoms with E-state index in [1.54, 1.807) is 26.0 Å². The topological polar surface area (TPSA) is 166 Å². The number of aryl methyl sites for hydroxylation is 1. The molecule has 83 heavy (non-hydrogen) atoms. The highest BCUT2D eigenvalue weighted by Crippen LogP contribution is 2.46. The van der Waals surface area contributed by atoms with Crippen molar-refractivity contribution < 1.29 is 57.9 Å². The van der Waals surface area contributed by atoms with Gasteiger partial charge in [0.05, 0.1) is 33.9 Å². The number of benzene rings is 6. The first-order chi connectivity index (χ1) is 39.4. The van der Waals surface area contributed by atoms with Crippen LogP contribution in [0.2, 0.25) is 0 Å². The van der Waals surface area contributed by atoms with Crippen LogP contribution in [0.5, 0.6) is 0 Å². The third kappa shape index (κ3) is 14.0. The Morgan fingerprint density at radius 3 is 2.08 bits per heavy atom. The number of esters is 1. The van der Waals surface area contributed by atoms with Gasteiger partial charge >= 0.3 is 12.1 Å². The van der Waals surface area contributed by atoms with E-state index in [0.29, 0.717) is 41.7 Å². The summed E-state index contributed by atoms with van der Waals surface area (Å²) >= 11 is 0.162. The van der Waals surface area contributed by atoms with E-state index in [1.165, 1.54) is 18.2 Å². The summed E-state index contributed by atoms with van der Waals surface area (Å²) in [7, 11) is -11.6. The zero-order chi connectivity index (χ0) is 60.6. The number of alkyl carbamates (subject to hydrolysis) is 1. The van der Waals surface area contributed by atoms with Gasteiger partial charge in [0.25, 0.3) is 0 Å². The predicted molar refractivity (Wildman–Crippen MR) is 320 cm³/mol. The Morgan fingerprint density at radius 1 is 0.747 bits per heavy atom. The van der Waals surface area contributed by atoms with Crippen molar-refractivity contribution in [3.05, 3.63) is 153 Å². The largest absolute Gasteiger partial charge is 0.463 e. The van der Waals surface area contributed by atoms with E-state index in [0.717, 1.165) is 64.4 Å². The van der Waals surface area contributed by atoms with Gasteiger partial charge in [-0.1, -0.05) is 116 Å². The van der Waals surface area contributed by atoms with E-state index in [2.05, 4.69) is 96.7 Å². The minimum absolute atomic E-state index is 0.0684. The van der Waals surface area contributed by atoms with E-state index in [4.69, 9.17) is 13.9 Å². The molecule has 1 heterocycles. The summed E-state index contributed by atoms with van der Waals surface area (Å²) in [5, 5.41) is 3.50. The van der Waals surface area contributed by atoms with Gasteiger partial charge in [-0.05, 0) is 56.7 Å². The number of carbonyl (C=O) groups is 2. The van der Waals surface area contributed by atoms with Gasteiger partial charge < -0.3 is 23.3 Å². The minimum Gasteiger partial charge on any atom is -0.463 e. The summed E-state index contributed by atoms with van der Waals surface area (Å²) in [5.74, 6) is -9.43. The second-order valence-corrected chi connectivity index (χ2v) is 25.6. The molecule has 0 saturated carbocycles. The molecular formula is C63H71F4N4O9S3+. The molecule has 13 nitrogen and oxygen atoms in total. The second-order valence-electron chi connectivity index (χ2n) is 21.1. The van der Waals surface area contributed by atoms with Crippen LogP contribution >= 0.6 is 11.8 Å². The van der Waals surface area contributed by atoms with Crippen molar-refractivity contribution >= 4 is 78.1 Å². The Hall–Kier alpha value is -6.87. The van der Waals surface area contributed by atoms with Gasteiger partial charge in [0, 0.05) is 75.6 Å². The van der Waals surface area contributed by atoms with Crippen molar-refractivity contribution in [2.75, 3.05) is 32.1 Å². The molecule has 0 bridgehead atoms. The molecule has 5 aromatic rings. The molecule has 0 saturated heterocycles. The van der Waals surface area contributed by atoms with E-state index >= 15 is 17.6 Å². The number of fused-ring (bicyclic) bond motifs is 2. The Morgan fingerprint density at radius 2 is 1.42 bits per heavy atom. The third-order valence-corrected chi connectivity index (χ3v) is 18.5. The summed E-state index contributed by atoms with van der Waals surface area (Å²) in [4.78, 5) is 20.1. The van der Waals surface area contributed by atoms with Crippen molar-refractivity contribution in [3.63, 3.8) is 0 Å². The molecule has 0 fully saturated rings. The Bertz CT molecular complexity index is 3830. The number of rotatable bonds is 24. The maximum absolute atomic E-state index is 15.9. The average Bonchev–Trinajstić information content (AvgIpc) is 3.65. The molecule has 0 unspecified atom stereocenters. The monoisotopic (exact) mass is 1200 g/mol. The van der Waals surface area contributed by atoms with Crippen molar-refractivity contribution in [2.45, 2.75) is 128 Å². The lowest BCUT2D eigenvalue weighted by Crippen LogP contribution is -2.32. The van der Waals surface area contributed by atoms with Crippen molar-refractivity contribution in [3.8, 4) is 22.5 Å². The highest BCUT2D eigenvalue weighted by Gasteiger charge is 2.34. The second kappa shape index (κ2) is 27.2. The minimum atomic E-state index is -6.10. The molecule has 20 heteroatoms. The average molecular weight is 1200 g/mol. The predicted octanol–water partition coefficient (Wildman–Crippen LogP) is 15.0. The van der Waals surface area contributed by atoms with Crippen molar-refractivity contribution in [1.82, 2.24) is 14.5 Å². The normalized spacial score (nSPS) is 12.8. The number of ether oxygens (including phenoxy) is 2. The molecule has 5 aromatic carbocycles. The zero-order valence-corrected chi connectivity index (χ0v) is 50.8. The first-order valence-electron chi connectivity index (χ1n) is 27.8. The van der Waals surface area contributed by atoms with Gasteiger partial charge in [-0.15, -0.1) is 11.8 Å². The SMILES string of the molecule is CCC=[N+](c1ccc2c(-c3ccccc3S(=O)(=O)[N-]S(=O)(=O)c3c(F)c(F)c(SCCOC(=O)NCCOC(=O)C(C)(C)CC)c(F)c3F)c3ccc(=[N+](CCC)c4ccccc4C(C)C)cc-3oc2c1)c1c(CCC)cccc1C(C)C. The standard InChI is InChI=1S/C63H70F4N4O9S3/c1-11-20-41-21-19-24-45(40(7)8)58(41)71(33-13-3)43-28-30-47-51(38-43)80-50-37-42(70(32-12-2)49-25-17-15-22-44(49)39(5)6)27-29-46(50)53(47)48-23-16-18-26-52(48)82(74,75)69-83(76,77)60-56(66)54(64)59(55(65)57(60)67)81-36-35-79-62(73)68-31-34-78-61(72)63(9,10)14-4/h15-19,21-30,33,37-40H,11-14,20,31-32,34-36H2,1-10H3/p+1. The fraction of sp³-hybridized carbons (Fsp3) is 0.365. The van der Waals surface area contributed by atoms with Crippen LogP contribution in [0.25, 0.3) is 37.5 Å². The molecule has 1 aliphatic carbocycles. The molecule has 442 valence electrons. The lowest BCUT2D eigenvalue weighted by atomic mass is 9.91. The highest BCUT2D eigenvalue weighted by molar-refractivity contribution is 8.12. The molecule has 1 amide bonds. The highest BCUT2D eigenvalue weighted by atomic mass is 32.3. The van der Waals surface area contributed by atoms with Crippen LogP contribution in [0.15, 0.2) is 122 Å². The van der Waals surface area contributed by atoms with Crippen LogP contribution < -0.4 is 19.8 Å². The van der Waals surface area contributed by atoms with E-state index < -0.39 is 87.8 Å². The maximum atomic E-state index is 15.9. The molecule has 0 radical (unpaired) electrons. The summed E-state index contributed by atoms with van der Waals surface area (Å²) in [5.41, 5.74) is 6.38. The van der Waals surface area contributed by atoms with Crippen LogP contribution in [-0.2, 0) is 40.7 Å². The number of sulfonamides is 2. The number of hydrogen-bond acceptors (Lipinski definition) is 10. The van der Waals surface area contributed by atoms with Crippen LogP contribution in [0.3, 0.4) is 0 Å². The molecule has 0 atom stereocenters. The smallest absolute Gasteiger partial charge is 0.407 e. The fourth-order valence-corrected chi connectivity index (χ4v) is 13.5. The number of para-hydroxylation sites is 2. The van der Waals surface area contributed by atoms with Crippen LogP contribution in [-0.4, -0.2) is 67.2 Å². The maximum Gasteiger partial charge on any atom is 0.407 e. The lowest BCUT2D eigenvalue weighted by Gasteiger charge is -2.25. The molecule has 0 spiro atoms. The Kier molecular flexibility index (Phi) is 20.9. The summed E-state index contributed by atoms with van der Waals surface area (Å²) in [6.07, 6.45) is 4.77.